The fourth-order valence-corrected chi connectivity index (χ4v) is 3.02. The Morgan fingerprint density at radius 2 is 1.97 bits per heavy atom. The van der Waals surface area contributed by atoms with Crippen LogP contribution in [0.4, 0.5) is 5.95 Å². The second kappa shape index (κ2) is 7.92. The van der Waals surface area contributed by atoms with E-state index < -0.39 is 0 Å². The quantitative estimate of drug-likeness (QED) is 0.348. The number of fused-ring (bicyclic) bond motifs is 1. The highest BCUT2D eigenvalue weighted by Crippen LogP contribution is 2.21. The van der Waals surface area contributed by atoms with Crippen LogP contribution in [-0.4, -0.2) is 20.7 Å². The molecule has 2 aromatic carbocycles. The van der Waals surface area contributed by atoms with Gasteiger partial charge in [0, 0.05) is 29.2 Å². The molecule has 0 saturated heterocycles. The number of nitriles is 1. The van der Waals surface area contributed by atoms with E-state index in [1.54, 1.807) is 6.20 Å². The minimum Gasteiger partial charge on any atom is -0.360 e. The van der Waals surface area contributed by atoms with E-state index >= 15 is 0 Å². The van der Waals surface area contributed by atoms with Crippen molar-refractivity contribution in [3.05, 3.63) is 88.9 Å². The van der Waals surface area contributed by atoms with E-state index in [1.165, 1.54) is 11.8 Å². The molecule has 0 saturated carbocycles. The van der Waals surface area contributed by atoms with Gasteiger partial charge in [-0.1, -0.05) is 48.0 Å². The molecule has 4 rings (SSSR count). The van der Waals surface area contributed by atoms with Crippen LogP contribution >= 0.6 is 0 Å². The zero-order valence-corrected chi connectivity index (χ0v) is 15.7. The summed E-state index contributed by atoms with van der Waals surface area (Å²) in [5.41, 5.74) is 9.71. The third-order valence-corrected chi connectivity index (χ3v) is 4.57. The lowest BCUT2D eigenvalue weighted by Gasteiger charge is -2.09. The van der Waals surface area contributed by atoms with Crippen LogP contribution in [0, 0.1) is 18.3 Å². The first-order valence-corrected chi connectivity index (χ1v) is 9.08. The van der Waals surface area contributed by atoms with Crippen LogP contribution in [0.3, 0.4) is 0 Å². The highest BCUT2D eigenvalue weighted by atomic mass is 16.1. The number of para-hydroxylation sites is 1. The summed E-state index contributed by atoms with van der Waals surface area (Å²) in [5.74, 6) is -0.109. The normalized spacial score (nSPS) is 10.6. The SMILES string of the molecule is Cc1ccc(CNNc2ncc(C#N)c(C(=O)c3c[nH]c4ccccc34)n2)cc1. The van der Waals surface area contributed by atoms with Crippen molar-refractivity contribution in [2.24, 2.45) is 0 Å². The van der Waals surface area contributed by atoms with Crippen molar-refractivity contribution in [1.82, 2.24) is 20.4 Å². The van der Waals surface area contributed by atoms with Gasteiger partial charge in [0.15, 0.2) is 0 Å². The molecule has 0 aliphatic rings. The topological polar surface area (TPSA) is 106 Å². The number of nitrogens with one attached hydrogen (secondary N) is 3. The van der Waals surface area contributed by atoms with E-state index in [1.807, 2.05) is 61.5 Å². The largest absolute Gasteiger partial charge is 0.360 e. The number of aryl methyl sites for hydroxylation is 1. The number of benzene rings is 2. The zero-order valence-electron chi connectivity index (χ0n) is 15.7. The molecule has 0 spiro atoms. The Morgan fingerprint density at radius 1 is 1.17 bits per heavy atom. The Kier molecular flexibility index (Phi) is 5.01. The van der Waals surface area contributed by atoms with Crippen molar-refractivity contribution in [3.8, 4) is 6.07 Å². The highest BCUT2D eigenvalue weighted by molar-refractivity contribution is 6.16. The van der Waals surface area contributed by atoms with Gasteiger partial charge in [0.25, 0.3) is 0 Å². The third-order valence-electron chi connectivity index (χ3n) is 4.57. The van der Waals surface area contributed by atoms with Gasteiger partial charge in [0.05, 0.1) is 6.20 Å². The maximum absolute atomic E-state index is 13.1. The lowest BCUT2D eigenvalue weighted by molar-refractivity contribution is 0.103. The van der Waals surface area contributed by atoms with Gasteiger partial charge in [0.2, 0.25) is 11.7 Å². The minimum absolute atomic E-state index is 0.0619. The van der Waals surface area contributed by atoms with Gasteiger partial charge in [-0.2, -0.15) is 5.26 Å². The standard InChI is InChI=1S/C22H18N6O/c1-14-6-8-15(9-7-14)11-26-28-22-25-12-16(10-23)20(27-22)21(29)18-13-24-19-5-3-2-4-17(18)19/h2-9,12-13,24,26H,11H2,1H3,(H,25,27,28). The lowest BCUT2D eigenvalue weighted by Crippen LogP contribution is -2.23. The van der Waals surface area contributed by atoms with Crippen LogP contribution in [0.5, 0.6) is 0 Å². The van der Waals surface area contributed by atoms with E-state index in [-0.39, 0.29) is 23.0 Å². The Morgan fingerprint density at radius 3 is 2.76 bits per heavy atom. The predicted molar refractivity (Wildman–Crippen MR) is 110 cm³/mol. The molecule has 142 valence electrons. The molecule has 0 atom stereocenters. The van der Waals surface area contributed by atoms with Crippen LogP contribution in [0.1, 0.15) is 32.7 Å². The third kappa shape index (κ3) is 3.83. The Bertz CT molecular complexity index is 1220. The lowest BCUT2D eigenvalue weighted by atomic mass is 10.0. The van der Waals surface area contributed by atoms with E-state index in [2.05, 4.69) is 25.8 Å². The Hall–Kier alpha value is -4.02. The Labute approximate surface area is 167 Å². The van der Waals surface area contributed by atoms with Crippen LogP contribution in [0.25, 0.3) is 10.9 Å². The summed E-state index contributed by atoms with van der Waals surface area (Å²) in [7, 11) is 0. The first-order chi connectivity index (χ1) is 14.2. The molecule has 0 aliphatic heterocycles. The van der Waals surface area contributed by atoms with E-state index in [9.17, 15) is 10.1 Å². The van der Waals surface area contributed by atoms with Gasteiger partial charge in [0.1, 0.15) is 17.3 Å². The summed E-state index contributed by atoms with van der Waals surface area (Å²) in [5, 5.41) is 10.2. The number of nitrogens with zero attached hydrogens (tertiary/aromatic N) is 3. The molecule has 0 radical (unpaired) electrons. The molecule has 4 aromatic rings. The summed E-state index contributed by atoms with van der Waals surface area (Å²) in [6, 6.07) is 17.6. The fraction of sp³-hybridized carbons (Fsp3) is 0.0909. The van der Waals surface area contributed by atoms with Crippen LogP contribution in [0.2, 0.25) is 0 Å². The molecule has 0 bridgehead atoms. The molecular weight excluding hydrogens is 364 g/mol. The molecule has 3 N–H and O–H groups in total. The van der Waals surface area contributed by atoms with E-state index in [0.29, 0.717) is 12.1 Å². The number of H-pyrrole nitrogens is 1. The fourth-order valence-electron chi connectivity index (χ4n) is 3.02. The van der Waals surface area contributed by atoms with Crippen molar-refractivity contribution >= 4 is 22.6 Å². The second-order valence-electron chi connectivity index (χ2n) is 6.61. The summed E-state index contributed by atoms with van der Waals surface area (Å²) < 4.78 is 0. The number of carbonyl (C=O) groups is 1. The van der Waals surface area contributed by atoms with Gasteiger partial charge in [-0.25, -0.2) is 15.4 Å². The molecule has 29 heavy (non-hydrogen) atoms. The Balaban J connectivity index is 1.56. The smallest absolute Gasteiger partial charge is 0.238 e. The average molecular weight is 382 g/mol. The maximum Gasteiger partial charge on any atom is 0.238 e. The van der Waals surface area contributed by atoms with Crippen molar-refractivity contribution in [2.75, 3.05) is 5.43 Å². The number of carbonyl (C=O) groups excluding carboxylic acids is 1. The summed E-state index contributed by atoms with van der Waals surface area (Å²) in [4.78, 5) is 24.5. The zero-order chi connectivity index (χ0) is 20.2. The van der Waals surface area contributed by atoms with Crippen LogP contribution in [0.15, 0.2) is 60.9 Å². The van der Waals surface area contributed by atoms with E-state index in [0.717, 1.165) is 16.5 Å². The first-order valence-electron chi connectivity index (χ1n) is 9.08. The van der Waals surface area contributed by atoms with Gasteiger partial charge >= 0.3 is 0 Å². The van der Waals surface area contributed by atoms with Crippen molar-refractivity contribution in [2.45, 2.75) is 13.5 Å². The van der Waals surface area contributed by atoms with Crippen molar-refractivity contribution in [1.29, 1.82) is 5.26 Å². The average Bonchev–Trinajstić information content (AvgIpc) is 3.19. The summed E-state index contributed by atoms with van der Waals surface area (Å²) in [6.07, 6.45) is 2.99. The number of aromatic nitrogens is 3. The number of rotatable bonds is 6. The number of ketones is 1. The molecule has 7 heteroatoms. The van der Waals surface area contributed by atoms with Gasteiger partial charge in [-0.3, -0.25) is 10.2 Å². The van der Waals surface area contributed by atoms with Crippen molar-refractivity contribution < 1.29 is 4.79 Å². The van der Waals surface area contributed by atoms with Crippen LogP contribution in [-0.2, 0) is 6.54 Å². The number of hydrogen-bond donors (Lipinski definition) is 3. The minimum atomic E-state index is -0.331. The molecule has 0 aliphatic carbocycles. The maximum atomic E-state index is 13.1. The number of hydrogen-bond acceptors (Lipinski definition) is 6. The molecule has 7 nitrogen and oxygen atoms in total. The molecule has 2 aromatic heterocycles. The molecular formula is C22H18N6O. The molecule has 0 unspecified atom stereocenters. The highest BCUT2D eigenvalue weighted by Gasteiger charge is 2.20. The first kappa shape index (κ1) is 18.3. The van der Waals surface area contributed by atoms with Gasteiger partial charge < -0.3 is 4.98 Å². The monoisotopic (exact) mass is 382 g/mol. The number of aromatic amines is 1. The number of hydrazine groups is 1. The van der Waals surface area contributed by atoms with Gasteiger partial charge in [-0.05, 0) is 18.6 Å². The molecule has 0 fully saturated rings. The van der Waals surface area contributed by atoms with Gasteiger partial charge in [-0.15, -0.1) is 0 Å². The predicted octanol–water partition coefficient (Wildman–Crippen LogP) is 3.49. The summed E-state index contributed by atoms with van der Waals surface area (Å²) >= 11 is 0. The van der Waals surface area contributed by atoms with Crippen molar-refractivity contribution in [3.63, 3.8) is 0 Å². The van der Waals surface area contributed by atoms with E-state index in [4.69, 9.17) is 0 Å². The second-order valence-corrected chi connectivity index (χ2v) is 6.61. The molecule has 2 heterocycles. The molecule has 0 amide bonds. The number of anilines is 1. The summed E-state index contributed by atoms with van der Waals surface area (Å²) in [6.45, 7) is 2.58. The van der Waals surface area contributed by atoms with Crippen LogP contribution < -0.4 is 10.9 Å².